The van der Waals surface area contributed by atoms with Crippen LogP contribution >= 0.6 is 0 Å². The molecule has 0 spiro atoms. The topological polar surface area (TPSA) is 64.6 Å². The molecule has 0 bridgehead atoms. The number of ether oxygens (including phenoxy) is 2. The predicted octanol–water partition coefficient (Wildman–Crippen LogP) is 3.87. The first-order valence-corrected chi connectivity index (χ1v) is 8.54. The van der Waals surface area contributed by atoms with Gasteiger partial charge in [-0.05, 0) is 75.1 Å². The second-order valence-corrected chi connectivity index (χ2v) is 6.48. The van der Waals surface area contributed by atoms with Crippen LogP contribution in [0, 0.1) is 27.7 Å². The molecule has 0 saturated heterocycles. The highest BCUT2D eigenvalue weighted by Gasteiger charge is 2.19. The van der Waals surface area contributed by atoms with E-state index in [4.69, 9.17) is 9.47 Å². The average molecular weight is 355 g/mol. The van der Waals surface area contributed by atoms with Gasteiger partial charge in [-0.1, -0.05) is 18.2 Å². The number of hydrogen-bond acceptors (Lipinski definition) is 4. The van der Waals surface area contributed by atoms with Crippen LogP contribution in [0.15, 0.2) is 36.4 Å². The van der Waals surface area contributed by atoms with Gasteiger partial charge in [0.2, 0.25) is 0 Å². The molecule has 1 amide bonds. The van der Waals surface area contributed by atoms with E-state index in [0.717, 1.165) is 22.3 Å². The second kappa shape index (κ2) is 8.52. The number of rotatable bonds is 6. The zero-order valence-corrected chi connectivity index (χ0v) is 15.9. The number of anilines is 1. The summed E-state index contributed by atoms with van der Waals surface area (Å²) < 4.78 is 10.6. The Kier molecular flexibility index (Phi) is 6.39. The minimum Gasteiger partial charge on any atom is -0.482 e. The van der Waals surface area contributed by atoms with Crippen molar-refractivity contribution in [2.24, 2.45) is 0 Å². The predicted molar refractivity (Wildman–Crippen MR) is 102 cm³/mol. The molecular weight excluding hydrogens is 330 g/mol. The number of hydrogen-bond donors (Lipinski definition) is 1. The van der Waals surface area contributed by atoms with Crippen LogP contribution in [0.3, 0.4) is 0 Å². The lowest BCUT2D eigenvalue weighted by molar-refractivity contribution is -0.155. The first-order chi connectivity index (χ1) is 12.3. The summed E-state index contributed by atoms with van der Waals surface area (Å²) in [5.74, 6) is -0.363. The molecule has 138 valence electrons. The van der Waals surface area contributed by atoms with Crippen LogP contribution < -0.4 is 10.1 Å². The van der Waals surface area contributed by atoms with Gasteiger partial charge in [0.05, 0.1) is 0 Å². The fraction of sp³-hybridized carbons (Fsp3) is 0.333. The second-order valence-electron chi connectivity index (χ2n) is 6.48. The molecular formula is C21H25NO4. The van der Waals surface area contributed by atoms with Crippen molar-refractivity contribution in [2.75, 3.05) is 11.9 Å². The van der Waals surface area contributed by atoms with E-state index >= 15 is 0 Å². The van der Waals surface area contributed by atoms with Gasteiger partial charge in [0.25, 0.3) is 5.91 Å². The summed E-state index contributed by atoms with van der Waals surface area (Å²) in [7, 11) is 0. The number of carbonyl (C=O) groups is 2. The number of aryl methyl sites for hydroxylation is 3. The van der Waals surface area contributed by atoms with Crippen molar-refractivity contribution in [3.63, 3.8) is 0 Å². The maximum absolute atomic E-state index is 12.2. The molecule has 0 unspecified atom stereocenters. The summed E-state index contributed by atoms with van der Waals surface area (Å²) >= 11 is 0. The molecule has 0 heterocycles. The van der Waals surface area contributed by atoms with Crippen LogP contribution in [-0.2, 0) is 14.3 Å². The Bertz CT molecular complexity index is 793. The first-order valence-electron chi connectivity index (χ1n) is 8.54. The quantitative estimate of drug-likeness (QED) is 0.799. The average Bonchev–Trinajstić information content (AvgIpc) is 2.56. The summed E-state index contributed by atoms with van der Waals surface area (Å²) in [6.45, 7) is 9.10. The molecule has 26 heavy (non-hydrogen) atoms. The molecule has 0 fully saturated rings. The number of benzene rings is 2. The molecule has 0 aromatic heterocycles. The zero-order valence-electron chi connectivity index (χ0n) is 15.9. The van der Waals surface area contributed by atoms with E-state index in [9.17, 15) is 9.59 Å². The van der Waals surface area contributed by atoms with Gasteiger partial charge >= 0.3 is 5.97 Å². The van der Waals surface area contributed by atoms with Gasteiger partial charge in [-0.15, -0.1) is 0 Å². The molecule has 2 aromatic rings. The van der Waals surface area contributed by atoms with Gasteiger partial charge in [-0.3, -0.25) is 4.79 Å². The Hall–Kier alpha value is -2.82. The summed E-state index contributed by atoms with van der Waals surface area (Å²) in [4.78, 5) is 24.2. The Morgan fingerprint density at radius 2 is 1.69 bits per heavy atom. The van der Waals surface area contributed by atoms with E-state index in [2.05, 4.69) is 5.32 Å². The largest absolute Gasteiger partial charge is 0.482 e. The fourth-order valence-electron chi connectivity index (χ4n) is 2.56. The van der Waals surface area contributed by atoms with Crippen molar-refractivity contribution in [1.82, 2.24) is 0 Å². The van der Waals surface area contributed by atoms with E-state index < -0.39 is 12.1 Å². The van der Waals surface area contributed by atoms with Crippen molar-refractivity contribution in [3.8, 4) is 5.75 Å². The third kappa shape index (κ3) is 5.34. The van der Waals surface area contributed by atoms with Crippen molar-refractivity contribution < 1.29 is 19.1 Å². The standard InChI is InChI=1S/C21H25NO4/c1-13-9-14(2)11-18(10-13)25-12-20(23)26-17(5)21(24)22-19-8-6-7-15(3)16(19)4/h6-11,17H,12H2,1-5H3,(H,22,24)/t17-/m1/s1. The summed E-state index contributed by atoms with van der Waals surface area (Å²) in [5, 5.41) is 2.79. The summed E-state index contributed by atoms with van der Waals surface area (Å²) in [6, 6.07) is 11.4. The SMILES string of the molecule is Cc1cc(C)cc(OCC(=O)O[C@H](C)C(=O)Nc2cccc(C)c2C)c1. The van der Waals surface area contributed by atoms with Gasteiger partial charge < -0.3 is 14.8 Å². The molecule has 2 aromatic carbocycles. The molecule has 2 rings (SSSR count). The van der Waals surface area contributed by atoms with Crippen LogP contribution in [0.25, 0.3) is 0 Å². The lowest BCUT2D eigenvalue weighted by atomic mass is 10.1. The molecule has 0 saturated carbocycles. The molecule has 0 aliphatic rings. The van der Waals surface area contributed by atoms with Crippen LogP contribution in [0.4, 0.5) is 5.69 Å². The lowest BCUT2D eigenvalue weighted by Crippen LogP contribution is -2.32. The fourth-order valence-corrected chi connectivity index (χ4v) is 2.56. The minimum atomic E-state index is -0.912. The van der Waals surface area contributed by atoms with Crippen molar-refractivity contribution in [2.45, 2.75) is 40.7 Å². The third-order valence-corrected chi connectivity index (χ3v) is 4.09. The smallest absolute Gasteiger partial charge is 0.344 e. The lowest BCUT2D eigenvalue weighted by Gasteiger charge is -2.16. The molecule has 1 atom stereocenters. The van der Waals surface area contributed by atoms with Gasteiger partial charge in [-0.25, -0.2) is 4.79 Å². The van der Waals surface area contributed by atoms with Crippen molar-refractivity contribution in [1.29, 1.82) is 0 Å². The highest BCUT2D eigenvalue weighted by Crippen LogP contribution is 2.19. The summed E-state index contributed by atoms with van der Waals surface area (Å²) in [6.07, 6.45) is -0.912. The van der Waals surface area contributed by atoms with E-state index in [1.54, 1.807) is 0 Å². The van der Waals surface area contributed by atoms with E-state index in [0.29, 0.717) is 11.4 Å². The minimum absolute atomic E-state index is 0.246. The van der Waals surface area contributed by atoms with E-state index in [-0.39, 0.29) is 12.5 Å². The molecule has 5 heteroatoms. The highest BCUT2D eigenvalue weighted by atomic mass is 16.6. The zero-order chi connectivity index (χ0) is 19.3. The van der Waals surface area contributed by atoms with Crippen LogP contribution in [-0.4, -0.2) is 24.6 Å². The molecule has 5 nitrogen and oxygen atoms in total. The van der Waals surface area contributed by atoms with E-state index in [1.165, 1.54) is 6.92 Å². The van der Waals surface area contributed by atoms with Crippen molar-refractivity contribution >= 4 is 17.6 Å². The van der Waals surface area contributed by atoms with E-state index in [1.807, 2.05) is 64.1 Å². The maximum Gasteiger partial charge on any atom is 0.344 e. The molecule has 0 aliphatic heterocycles. The molecule has 0 aliphatic carbocycles. The Balaban J connectivity index is 1.87. The van der Waals surface area contributed by atoms with Crippen LogP contribution in [0.1, 0.15) is 29.2 Å². The van der Waals surface area contributed by atoms with Crippen LogP contribution in [0.2, 0.25) is 0 Å². The summed E-state index contributed by atoms with van der Waals surface area (Å²) in [5.41, 5.74) is 4.88. The van der Waals surface area contributed by atoms with Gasteiger partial charge in [0, 0.05) is 5.69 Å². The normalized spacial score (nSPS) is 11.6. The maximum atomic E-state index is 12.2. The molecule has 0 radical (unpaired) electrons. The Labute approximate surface area is 154 Å². The molecule has 1 N–H and O–H groups in total. The van der Waals surface area contributed by atoms with Gasteiger partial charge in [0.1, 0.15) is 5.75 Å². The monoisotopic (exact) mass is 355 g/mol. The van der Waals surface area contributed by atoms with Gasteiger partial charge in [0.15, 0.2) is 12.7 Å². The number of nitrogens with one attached hydrogen (secondary N) is 1. The number of carbonyl (C=O) groups excluding carboxylic acids is 2. The van der Waals surface area contributed by atoms with Gasteiger partial charge in [-0.2, -0.15) is 0 Å². The van der Waals surface area contributed by atoms with Crippen molar-refractivity contribution in [3.05, 3.63) is 58.7 Å². The highest BCUT2D eigenvalue weighted by molar-refractivity contribution is 5.95. The third-order valence-electron chi connectivity index (χ3n) is 4.09. The first kappa shape index (κ1) is 19.5. The number of amides is 1. The van der Waals surface area contributed by atoms with Crippen LogP contribution in [0.5, 0.6) is 5.75 Å². The Morgan fingerprint density at radius 1 is 1.04 bits per heavy atom. The number of esters is 1. The Morgan fingerprint density at radius 3 is 2.35 bits per heavy atom.